The highest BCUT2D eigenvalue weighted by Crippen LogP contribution is 2.22. The van der Waals surface area contributed by atoms with E-state index in [1.807, 2.05) is 41.9 Å². The predicted molar refractivity (Wildman–Crippen MR) is 135 cm³/mol. The number of aromatic nitrogens is 5. The average Bonchev–Trinajstić information content (AvgIpc) is 3.19. The number of nitrogens with one attached hydrogen (secondary N) is 1. The van der Waals surface area contributed by atoms with Crippen molar-refractivity contribution in [3.05, 3.63) is 46.3 Å². The fraction of sp³-hybridized carbons (Fsp3) is 0.560. The number of amides is 1. The Morgan fingerprint density at radius 3 is 2.49 bits per heavy atom. The Balaban J connectivity index is 1.22. The number of hydrogen-bond donors (Lipinski definition) is 1. The molecule has 0 aliphatic carbocycles. The molecule has 3 aromatic heterocycles. The topological polar surface area (TPSA) is 109 Å². The normalized spacial score (nSPS) is 15.6. The van der Waals surface area contributed by atoms with Crippen LogP contribution in [-0.4, -0.2) is 74.9 Å². The quantitative estimate of drug-likeness (QED) is 0.516. The number of fused-ring (bicyclic) bond motifs is 1. The van der Waals surface area contributed by atoms with Crippen LogP contribution in [0.4, 0.5) is 5.95 Å². The van der Waals surface area contributed by atoms with Gasteiger partial charge in [0.2, 0.25) is 11.9 Å². The highest BCUT2D eigenvalue weighted by atomic mass is 16.5. The maximum absolute atomic E-state index is 12.7. The zero-order chi connectivity index (χ0) is 25.2. The Bertz CT molecular complexity index is 1220. The van der Waals surface area contributed by atoms with Crippen LogP contribution in [0.1, 0.15) is 51.3 Å². The molecule has 3 aromatic rings. The molecule has 4 heterocycles. The first-order valence-corrected chi connectivity index (χ1v) is 12.1. The van der Waals surface area contributed by atoms with E-state index in [0.717, 1.165) is 16.6 Å². The van der Waals surface area contributed by atoms with Crippen LogP contribution in [0, 0.1) is 6.92 Å². The van der Waals surface area contributed by atoms with Gasteiger partial charge in [0, 0.05) is 44.8 Å². The summed E-state index contributed by atoms with van der Waals surface area (Å²) in [7, 11) is 0. The van der Waals surface area contributed by atoms with Crippen LogP contribution in [0.2, 0.25) is 0 Å². The van der Waals surface area contributed by atoms with E-state index in [1.54, 1.807) is 6.20 Å². The van der Waals surface area contributed by atoms with Gasteiger partial charge in [0.05, 0.1) is 42.8 Å². The van der Waals surface area contributed by atoms with Crippen molar-refractivity contribution >= 4 is 22.8 Å². The number of H-pyrrole nitrogens is 1. The van der Waals surface area contributed by atoms with E-state index >= 15 is 0 Å². The van der Waals surface area contributed by atoms with Gasteiger partial charge in [-0.3, -0.25) is 9.59 Å². The Hall–Kier alpha value is -3.27. The maximum Gasteiger partial charge on any atom is 0.273 e. The first kappa shape index (κ1) is 24.8. The molecule has 188 valence electrons. The van der Waals surface area contributed by atoms with Gasteiger partial charge in [-0.2, -0.15) is 5.10 Å². The van der Waals surface area contributed by atoms with E-state index in [1.165, 1.54) is 0 Å². The minimum Gasteiger partial charge on any atom is -0.379 e. The summed E-state index contributed by atoms with van der Waals surface area (Å²) in [6.07, 6.45) is 7.74. The minimum atomic E-state index is -0.189. The van der Waals surface area contributed by atoms with E-state index in [2.05, 4.69) is 45.8 Å². The van der Waals surface area contributed by atoms with E-state index in [4.69, 9.17) is 4.74 Å². The lowest BCUT2D eigenvalue weighted by Crippen LogP contribution is -2.49. The summed E-state index contributed by atoms with van der Waals surface area (Å²) < 4.78 is 7.83. The Labute approximate surface area is 205 Å². The lowest BCUT2D eigenvalue weighted by Gasteiger charge is -2.35. The molecule has 1 aliphatic heterocycles. The van der Waals surface area contributed by atoms with Gasteiger partial charge in [-0.25, -0.2) is 15.1 Å². The van der Waals surface area contributed by atoms with Gasteiger partial charge < -0.3 is 19.1 Å². The second-order valence-electron chi connectivity index (χ2n) is 10.2. The van der Waals surface area contributed by atoms with Crippen molar-refractivity contribution in [3.8, 4) is 0 Å². The third-order valence-electron chi connectivity index (χ3n) is 6.56. The Kier molecular flexibility index (Phi) is 7.20. The molecule has 10 heteroatoms. The van der Waals surface area contributed by atoms with Gasteiger partial charge >= 0.3 is 0 Å². The fourth-order valence-corrected chi connectivity index (χ4v) is 4.35. The third kappa shape index (κ3) is 5.53. The molecule has 1 N–H and O–H groups in total. The summed E-state index contributed by atoms with van der Waals surface area (Å²) in [5.74, 6) is 0.812. The van der Waals surface area contributed by atoms with Crippen LogP contribution in [0.5, 0.6) is 0 Å². The molecule has 1 saturated heterocycles. The van der Waals surface area contributed by atoms with Crippen LogP contribution in [-0.2, 0) is 14.9 Å². The van der Waals surface area contributed by atoms with Gasteiger partial charge in [-0.1, -0.05) is 20.8 Å². The Morgan fingerprint density at radius 1 is 1.14 bits per heavy atom. The second kappa shape index (κ2) is 10.2. The van der Waals surface area contributed by atoms with Gasteiger partial charge in [0.15, 0.2) is 0 Å². The van der Waals surface area contributed by atoms with Crippen LogP contribution in [0.3, 0.4) is 0 Å². The van der Waals surface area contributed by atoms with Crippen molar-refractivity contribution in [3.63, 3.8) is 0 Å². The van der Waals surface area contributed by atoms with Gasteiger partial charge in [0.25, 0.3) is 5.56 Å². The third-order valence-corrected chi connectivity index (χ3v) is 6.56. The number of nitrogens with zero attached hydrogens (tertiary/aromatic N) is 6. The highest BCUT2D eigenvalue weighted by Gasteiger charge is 2.23. The van der Waals surface area contributed by atoms with Crippen molar-refractivity contribution in [2.45, 2.75) is 52.5 Å². The molecule has 1 fully saturated rings. The number of hydrogen-bond acceptors (Lipinski definition) is 7. The summed E-state index contributed by atoms with van der Waals surface area (Å²) >= 11 is 0. The molecule has 10 nitrogen and oxygen atoms in total. The number of rotatable bonds is 7. The molecule has 0 radical (unpaired) electrons. The lowest BCUT2D eigenvalue weighted by molar-refractivity contribution is -0.132. The van der Waals surface area contributed by atoms with Crippen LogP contribution in [0.25, 0.3) is 10.9 Å². The summed E-state index contributed by atoms with van der Waals surface area (Å²) in [6, 6.07) is 0.0121. The van der Waals surface area contributed by atoms with Crippen molar-refractivity contribution < 1.29 is 9.53 Å². The first-order chi connectivity index (χ1) is 16.6. The molecule has 0 saturated carbocycles. The minimum absolute atomic E-state index is 0.0121. The number of aryl methyl sites for hydroxylation is 1. The Morgan fingerprint density at radius 2 is 1.83 bits per heavy atom. The number of carbonyl (C=O) groups is 1. The van der Waals surface area contributed by atoms with Crippen molar-refractivity contribution in [2.24, 2.45) is 0 Å². The SMILES string of the molecule is Cc1cn(C(C)COCCC(=O)N2CCN(c3ncc(C(C)(C)C)cn3)CC2)c2cn[nH]c(=O)c12. The van der Waals surface area contributed by atoms with E-state index in [0.29, 0.717) is 57.1 Å². The standard InChI is InChI=1S/C25H35N7O3/c1-17-15-32(20-14-28-29-23(34)22(17)20)18(2)16-35-11-6-21(33)30-7-9-31(10-8-30)24-26-12-19(13-27-24)25(3,4)5/h12-15,18H,6-11,16H2,1-5H3,(H,29,34). The molecule has 1 unspecified atom stereocenters. The highest BCUT2D eigenvalue weighted by molar-refractivity contribution is 5.82. The van der Waals surface area contributed by atoms with Crippen LogP contribution >= 0.6 is 0 Å². The molecule has 0 bridgehead atoms. The fourth-order valence-electron chi connectivity index (χ4n) is 4.35. The first-order valence-electron chi connectivity index (χ1n) is 12.1. The summed E-state index contributed by atoms with van der Waals surface area (Å²) in [5.41, 5.74) is 2.63. The number of aromatic amines is 1. The monoisotopic (exact) mass is 481 g/mol. The number of ether oxygens (including phenoxy) is 1. The lowest BCUT2D eigenvalue weighted by atomic mass is 9.89. The number of anilines is 1. The molecule has 4 rings (SSSR count). The maximum atomic E-state index is 12.7. The van der Waals surface area contributed by atoms with Gasteiger partial charge in [-0.15, -0.1) is 0 Å². The molecule has 1 amide bonds. The number of piperazine rings is 1. The predicted octanol–water partition coefficient (Wildman–Crippen LogP) is 2.44. The van der Waals surface area contributed by atoms with Gasteiger partial charge in [0.1, 0.15) is 0 Å². The summed E-state index contributed by atoms with van der Waals surface area (Å²) in [4.78, 5) is 37.8. The van der Waals surface area contributed by atoms with Crippen molar-refractivity contribution in [1.29, 1.82) is 0 Å². The molecule has 0 aromatic carbocycles. The smallest absolute Gasteiger partial charge is 0.273 e. The number of carbonyl (C=O) groups excluding carboxylic acids is 1. The van der Waals surface area contributed by atoms with Crippen LogP contribution < -0.4 is 10.5 Å². The molecular weight excluding hydrogens is 446 g/mol. The van der Waals surface area contributed by atoms with E-state index < -0.39 is 0 Å². The van der Waals surface area contributed by atoms with Crippen molar-refractivity contribution in [2.75, 3.05) is 44.3 Å². The van der Waals surface area contributed by atoms with Crippen molar-refractivity contribution in [1.82, 2.24) is 29.6 Å². The average molecular weight is 482 g/mol. The molecular formula is C25H35N7O3. The molecule has 1 atom stereocenters. The second-order valence-corrected chi connectivity index (χ2v) is 10.2. The van der Waals surface area contributed by atoms with E-state index in [-0.39, 0.29) is 22.9 Å². The summed E-state index contributed by atoms with van der Waals surface area (Å²) in [6.45, 7) is 13.9. The summed E-state index contributed by atoms with van der Waals surface area (Å²) in [5, 5.41) is 7.05. The van der Waals surface area contributed by atoms with E-state index in [9.17, 15) is 9.59 Å². The zero-order valence-corrected chi connectivity index (χ0v) is 21.2. The largest absolute Gasteiger partial charge is 0.379 e. The van der Waals surface area contributed by atoms with Gasteiger partial charge in [-0.05, 0) is 30.4 Å². The molecule has 0 spiro atoms. The molecule has 35 heavy (non-hydrogen) atoms. The van der Waals surface area contributed by atoms with Crippen LogP contribution in [0.15, 0.2) is 29.6 Å². The zero-order valence-electron chi connectivity index (χ0n) is 21.2. The molecule has 1 aliphatic rings.